The highest BCUT2D eigenvalue weighted by Crippen LogP contribution is 2.40. The minimum atomic E-state index is -1.15. The SMILES string of the molecule is CCC(Oc1ccc(C(C)(C)CC)cc1C(C)(C)CC)C(=O)Nc1ccccc1N1N=C(c2ccc(Cl)cc2)C(Oc2ccc(C)cc2C(C)O)C1=O. The number of benzene rings is 4. The van der Waals surface area contributed by atoms with E-state index < -0.39 is 24.2 Å². The molecular weight excluding hydrogens is 686 g/mol. The van der Waals surface area contributed by atoms with Crippen LogP contribution in [0.5, 0.6) is 11.5 Å². The van der Waals surface area contributed by atoms with Gasteiger partial charge in [0.1, 0.15) is 17.2 Å². The van der Waals surface area contributed by atoms with Crippen molar-refractivity contribution in [3.05, 3.63) is 118 Å². The van der Waals surface area contributed by atoms with Gasteiger partial charge in [-0.15, -0.1) is 0 Å². The number of aryl methyl sites for hydroxylation is 1. The number of carbonyl (C=O) groups excluding carboxylic acids is 2. The van der Waals surface area contributed by atoms with E-state index in [1.165, 1.54) is 10.6 Å². The number of anilines is 2. The lowest BCUT2D eigenvalue weighted by atomic mass is 9.76. The van der Waals surface area contributed by atoms with Crippen molar-refractivity contribution >= 4 is 40.5 Å². The number of carbonyl (C=O) groups is 2. The molecule has 5 rings (SSSR count). The highest BCUT2D eigenvalue weighted by molar-refractivity contribution is 6.31. The van der Waals surface area contributed by atoms with Crippen LogP contribution in [-0.4, -0.2) is 34.8 Å². The second-order valence-electron chi connectivity index (χ2n) is 15.1. The van der Waals surface area contributed by atoms with E-state index in [4.69, 9.17) is 26.2 Å². The molecule has 1 aliphatic rings. The molecule has 4 aromatic carbocycles. The van der Waals surface area contributed by atoms with E-state index in [2.05, 4.69) is 59.0 Å². The largest absolute Gasteiger partial charge is 0.480 e. The zero-order chi connectivity index (χ0) is 38.7. The zero-order valence-electron chi connectivity index (χ0n) is 32.3. The minimum Gasteiger partial charge on any atom is -0.480 e. The molecule has 280 valence electrons. The number of nitrogens with zero attached hydrogens (tertiary/aromatic N) is 2. The summed E-state index contributed by atoms with van der Waals surface area (Å²) >= 11 is 6.21. The first kappa shape index (κ1) is 39.5. The van der Waals surface area contributed by atoms with Gasteiger partial charge in [-0.2, -0.15) is 10.1 Å². The average molecular weight is 738 g/mol. The van der Waals surface area contributed by atoms with E-state index in [1.807, 2.05) is 32.0 Å². The van der Waals surface area contributed by atoms with Crippen molar-refractivity contribution in [3.63, 3.8) is 0 Å². The first-order chi connectivity index (χ1) is 25.1. The van der Waals surface area contributed by atoms with Crippen LogP contribution in [0.4, 0.5) is 11.4 Å². The molecule has 9 heteroatoms. The Morgan fingerprint density at radius 3 is 2.23 bits per heavy atom. The number of amides is 2. The summed E-state index contributed by atoms with van der Waals surface area (Å²) in [4.78, 5) is 28.3. The summed E-state index contributed by atoms with van der Waals surface area (Å²) < 4.78 is 12.9. The Bertz CT molecular complexity index is 1990. The van der Waals surface area contributed by atoms with Crippen molar-refractivity contribution in [3.8, 4) is 11.5 Å². The van der Waals surface area contributed by atoms with Crippen LogP contribution in [0.3, 0.4) is 0 Å². The molecule has 2 N–H and O–H groups in total. The standard InChI is InChI=1S/C44H52ClN3O5/c1-10-36(52-38-24-20-30(43(6,7)11-2)26-33(38)44(8,9)12-3)41(50)46-34-15-13-14-16-35(34)48-42(51)40(39(47-48)29-18-21-31(45)22-19-29)53-37-23-17-27(4)25-32(37)28(5)49/h13-26,28,36,40,49H,10-12H2,1-9H3,(H,46,50). The monoisotopic (exact) mass is 737 g/mol. The highest BCUT2D eigenvalue weighted by Gasteiger charge is 2.41. The molecule has 53 heavy (non-hydrogen) atoms. The second kappa shape index (κ2) is 16.1. The van der Waals surface area contributed by atoms with Gasteiger partial charge in [0.25, 0.3) is 11.8 Å². The summed E-state index contributed by atoms with van der Waals surface area (Å²) in [5.41, 5.74) is 5.38. The summed E-state index contributed by atoms with van der Waals surface area (Å²) in [6.45, 7) is 18.7. The number of hydrogen-bond acceptors (Lipinski definition) is 6. The number of aliphatic hydroxyl groups is 1. The van der Waals surface area contributed by atoms with E-state index in [0.29, 0.717) is 51.2 Å². The van der Waals surface area contributed by atoms with Gasteiger partial charge in [-0.3, -0.25) is 9.59 Å². The molecule has 0 fully saturated rings. The zero-order valence-corrected chi connectivity index (χ0v) is 33.0. The average Bonchev–Trinajstić information content (AvgIpc) is 3.46. The van der Waals surface area contributed by atoms with Crippen LogP contribution in [0, 0.1) is 6.92 Å². The number of hydrogen-bond donors (Lipinski definition) is 2. The maximum atomic E-state index is 14.3. The molecule has 0 saturated heterocycles. The highest BCUT2D eigenvalue weighted by atomic mass is 35.5. The first-order valence-corrected chi connectivity index (χ1v) is 18.8. The molecular formula is C44H52ClN3O5. The van der Waals surface area contributed by atoms with Crippen LogP contribution >= 0.6 is 11.6 Å². The van der Waals surface area contributed by atoms with Crippen LogP contribution in [0.25, 0.3) is 0 Å². The van der Waals surface area contributed by atoms with E-state index in [9.17, 15) is 14.7 Å². The van der Waals surface area contributed by atoms with Gasteiger partial charge >= 0.3 is 0 Å². The number of para-hydroxylation sites is 2. The van der Waals surface area contributed by atoms with E-state index in [-0.39, 0.29) is 16.7 Å². The van der Waals surface area contributed by atoms with E-state index in [0.717, 1.165) is 24.0 Å². The third-order valence-electron chi connectivity index (χ3n) is 10.5. The number of hydrazone groups is 1. The Morgan fingerprint density at radius 2 is 1.58 bits per heavy atom. The number of halogens is 1. The molecule has 0 spiro atoms. The molecule has 0 bridgehead atoms. The molecule has 0 saturated carbocycles. The van der Waals surface area contributed by atoms with Crippen molar-refractivity contribution in [1.82, 2.24) is 0 Å². The summed E-state index contributed by atoms with van der Waals surface area (Å²) in [5, 5.41) is 20.2. The van der Waals surface area contributed by atoms with Crippen LogP contribution < -0.4 is 19.8 Å². The van der Waals surface area contributed by atoms with Gasteiger partial charge in [0.05, 0.1) is 17.5 Å². The van der Waals surface area contributed by atoms with Crippen molar-refractivity contribution in [1.29, 1.82) is 0 Å². The van der Waals surface area contributed by atoms with Gasteiger partial charge in [0.2, 0.25) is 6.10 Å². The fourth-order valence-corrected chi connectivity index (χ4v) is 6.33. The number of rotatable bonds is 14. The quantitative estimate of drug-likeness (QED) is 0.134. The minimum absolute atomic E-state index is 0.00497. The van der Waals surface area contributed by atoms with Crippen molar-refractivity contribution < 1.29 is 24.2 Å². The maximum Gasteiger partial charge on any atom is 0.294 e. The van der Waals surface area contributed by atoms with Gasteiger partial charge in [-0.05, 0) is 92.0 Å². The Balaban J connectivity index is 1.47. The predicted molar refractivity (Wildman–Crippen MR) is 215 cm³/mol. The first-order valence-electron chi connectivity index (χ1n) is 18.4. The lowest BCUT2D eigenvalue weighted by Gasteiger charge is -2.31. The Labute approximate surface area is 319 Å². The van der Waals surface area contributed by atoms with E-state index >= 15 is 0 Å². The Kier molecular flexibility index (Phi) is 12.0. The third-order valence-corrected chi connectivity index (χ3v) is 10.7. The van der Waals surface area contributed by atoms with Crippen molar-refractivity contribution in [2.75, 3.05) is 10.3 Å². The maximum absolute atomic E-state index is 14.3. The molecule has 1 aliphatic heterocycles. The fraction of sp³-hybridized carbons (Fsp3) is 0.386. The molecule has 8 nitrogen and oxygen atoms in total. The smallest absolute Gasteiger partial charge is 0.294 e. The van der Waals surface area contributed by atoms with Gasteiger partial charge in [0, 0.05) is 21.7 Å². The topological polar surface area (TPSA) is 100 Å². The van der Waals surface area contributed by atoms with Crippen LogP contribution in [0.2, 0.25) is 5.02 Å². The Morgan fingerprint density at radius 1 is 0.925 bits per heavy atom. The molecule has 1 heterocycles. The molecule has 4 aromatic rings. The van der Waals surface area contributed by atoms with Gasteiger partial charge in [0.15, 0.2) is 6.10 Å². The van der Waals surface area contributed by atoms with Gasteiger partial charge < -0.3 is 19.9 Å². The third kappa shape index (κ3) is 8.61. The summed E-state index contributed by atoms with van der Waals surface area (Å²) in [6, 6.07) is 25.8. The number of ether oxygens (including phenoxy) is 2. The molecule has 0 aliphatic carbocycles. The summed E-state index contributed by atoms with van der Waals surface area (Å²) in [7, 11) is 0. The molecule has 3 unspecified atom stereocenters. The van der Waals surface area contributed by atoms with Gasteiger partial charge in [-0.25, -0.2) is 0 Å². The lowest BCUT2D eigenvalue weighted by Crippen LogP contribution is -2.38. The fourth-order valence-electron chi connectivity index (χ4n) is 6.20. The van der Waals surface area contributed by atoms with Gasteiger partial charge in [-0.1, -0.05) is 108 Å². The molecule has 0 radical (unpaired) electrons. The molecule has 2 amide bonds. The van der Waals surface area contributed by atoms with Crippen LogP contribution in [0.1, 0.15) is 109 Å². The van der Waals surface area contributed by atoms with Crippen LogP contribution in [-0.2, 0) is 20.4 Å². The van der Waals surface area contributed by atoms with Crippen molar-refractivity contribution in [2.24, 2.45) is 5.10 Å². The van der Waals surface area contributed by atoms with E-state index in [1.54, 1.807) is 61.5 Å². The molecule has 3 atom stereocenters. The summed E-state index contributed by atoms with van der Waals surface area (Å²) in [6.07, 6.45) is -0.477. The summed E-state index contributed by atoms with van der Waals surface area (Å²) in [5.74, 6) is 0.246. The predicted octanol–water partition coefficient (Wildman–Crippen LogP) is 10.1. The normalized spacial score (nSPS) is 15.9. The lowest BCUT2D eigenvalue weighted by molar-refractivity contribution is -0.123. The number of aliphatic hydroxyl groups excluding tert-OH is 1. The molecule has 0 aromatic heterocycles. The van der Waals surface area contributed by atoms with Crippen molar-refractivity contribution in [2.45, 2.75) is 111 Å². The Hall–Kier alpha value is -4.66. The van der Waals surface area contributed by atoms with Crippen LogP contribution in [0.15, 0.2) is 90.0 Å². The number of nitrogens with one attached hydrogen (secondary N) is 1. The second-order valence-corrected chi connectivity index (χ2v) is 15.5.